The van der Waals surface area contributed by atoms with Gasteiger partial charge in [0.25, 0.3) is 0 Å². The first-order valence-electron chi connectivity index (χ1n) is 8.37. The molecule has 2 rings (SSSR count). The molecule has 0 heterocycles. The Balaban J connectivity index is 1.97. The molecule has 2 saturated carbocycles. The summed E-state index contributed by atoms with van der Waals surface area (Å²) in [5, 5.41) is 0. The third kappa shape index (κ3) is 3.64. The van der Waals surface area contributed by atoms with Gasteiger partial charge in [0.2, 0.25) is 0 Å². The molecule has 2 fully saturated rings. The van der Waals surface area contributed by atoms with Gasteiger partial charge in [0.05, 0.1) is 0 Å². The van der Waals surface area contributed by atoms with Crippen LogP contribution in [0.3, 0.4) is 0 Å². The SMILES string of the molecule is CC(C)C1CCC(C(C)(SCl)C2CCCCC2)CC1. The molecular weight excluding hydrogens is 272 g/mol. The van der Waals surface area contributed by atoms with E-state index in [1.807, 2.05) is 0 Å². The van der Waals surface area contributed by atoms with Crippen molar-refractivity contribution in [1.82, 2.24) is 0 Å². The molecule has 0 bridgehead atoms. The van der Waals surface area contributed by atoms with Crippen LogP contribution in [0, 0.1) is 23.7 Å². The zero-order chi connectivity index (χ0) is 13.9. The van der Waals surface area contributed by atoms with Crippen LogP contribution in [-0.2, 0) is 0 Å². The molecule has 0 aromatic carbocycles. The lowest BCUT2D eigenvalue weighted by Crippen LogP contribution is -2.41. The fourth-order valence-electron chi connectivity index (χ4n) is 4.49. The van der Waals surface area contributed by atoms with Crippen molar-refractivity contribution in [2.24, 2.45) is 23.7 Å². The van der Waals surface area contributed by atoms with E-state index in [1.165, 1.54) is 57.8 Å². The van der Waals surface area contributed by atoms with Gasteiger partial charge < -0.3 is 0 Å². The highest BCUT2D eigenvalue weighted by atomic mass is 35.7. The van der Waals surface area contributed by atoms with Crippen molar-refractivity contribution in [2.45, 2.75) is 83.3 Å². The Morgan fingerprint density at radius 1 is 0.895 bits per heavy atom. The minimum absolute atomic E-state index is 0.337. The average Bonchev–Trinajstić information content (AvgIpc) is 2.47. The van der Waals surface area contributed by atoms with E-state index in [9.17, 15) is 0 Å². The summed E-state index contributed by atoms with van der Waals surface area (Å²) in [5.74, 6) is 3.55. The molecule has 2 heteroatoms. The van der Waals surface area contributed by atoms with E-state index in [0.717, 1.165) is 23.7 Å². The molecule has 1 unspecified atom stereocenters. The molecule has 0 N–H and O–H groups in total. The predicted octanol–water partition coefficient (Wildman–Crippen LogP) is 6.67. The molecule has 112 valence electrons. The summed E-state index contributed by atoms with van der Waals surface area (Å²) >= 11 is 0. The second-order valence-corrected chi connectivity index (χ2v) is 8.95. The summed E-state index contributed by atoms with van der Waals surface area (Å²) in [6.07, 6.45) is 12.8. The number of hydrogen-bond acceptors (Lipinski definition) is 1. The second kappa shape index (κ2) is 7.07. The Bertz CT molecular complexity index is 264. The van der Waals surface area contributed by atoms with Crippen molar-refractivity contribution >= 4 is 21.7 Å². The third-order valence-electron chi connectivity index (χ3n) is 6.11. The lowest BCUT2D eigenvalue weighted by Gasteiger charge is -2.46. The number of rotatable bonds is 4. The van der Waals surface area contributed by atoms with Gasteiger partial charge in [-0.1, -0.05) is 33.1 Å². The Kier molecular flexibility index (Phi) is 5.96. The lowest BCUT2D eigenvalue weighted by molar-refractivity contribution is 0.149. The van der Waals surface area contributed by atoms with Gasteiger partial charge in [0, 0.05) is 4.75 Å². The standard InChI is InChI=1S/C17H31ClS/c1-13(2)14-9-11-16(12-10-14)17(3,19-18)15-7-5-4-6-8-15/h13-16H,4-12H2,1-3H3. The van der Waals surface area contributed by atoms with Crippen LogP contribution in [0.1, 0.15) is 78.6 Å². The van der Waals surface area contributed by atoms with E-state index in [0.29, 0.717) is 4.75 Å². The van der Waals surface area contributed by atoms with E-state index in [4.69, 9.17) is 10.7 Å². The summed E-state index contributed by atoms with van der Waals surface area (Å²) in [7, 11) is 8.06. The van der Waals surface area contributed by atoms with Crippen molar-refractivity contribution < 1.29 is 0 Å². The topological polar surface area (TPSA) is 0 Å². The van der Waals surface area contributed by atoms with Crippen LogP contribution in [0.5, 0.6) is 0 Å². The molecule has 2 aliphatic rings. The van der Waals surface area contributed by atoms with E-state index >= 15 is 0 Å². The van der Waals surface area contributed by atoms with Crippen molar-refractivity contribution in [2.75, 3.05) is 0 Å². The Morgan fingerprint density at radius 2 is 1.42 bits per heavy atom. The van der Waals surface area contributed by atoms with Crippen LogP contribution in [0.2, 0.25) is 0 Å². The zero-order valence-corrected chi connectivity index (χ0v) is 14.5. The fourth-order valence-corrected chi connectivity index (χ4v) is 5.97. The minimum atomic E-state index is 0.337. The van der Waals surface area contributed by atoms with Gasteiger partial charge in [-0.05, 0) is 90.8 Å². The fraction of sp³-hybridized carbons (Fsp3) is 1.00. The van der Waals surface area contributed by atoms with Crippen LogP contribution in [0.4, 0.5) is 0 Å². The molecule has 0 aliphatic heterocycles. The molecule has 0 aromatic rings. The highest BCUT2D eigenvalue weighted by Gasteiger charge is 2.43. The van der Waals surface area contributed by atoms with Gasteiger partial charge in [-0.15, -0.1) is 0 Å². The number of halogens is 1. The van der Waals surface area contributed by atoms with Gasteiger partial charge in [-0.3, -0.25) is 0 Å². The molecule has 0 radical (unpaired) electrons. The van der Waals surface area contributed by atoms with E-state index in [-0.39, 0.29) is 0 Å². The molecule has 0 saturated heterocycles. The van der Waals surface area contributed by atoms with Crippen LogP contribution < -0.4 is 0 Å². The van der Waals surface area contributed by atoms with E-state index in [2.05, 4.69) is 20.8 Å². The zero-order valence-electron chi connectivity index (χ0n) is 13.0. The first-order valence-corrected chi connectivity index (χ1v) is 10.0. The Morgan fingerprint density at radius 3 is 1.89 bits per heavy atom. The van der Waals surface area contributed by atoms with E-state index < -0.39 is 0 Å². The lowest BCUT2D eigenvalue weighted by atomic mass is 9.67. The predicted molar refractivity (Wildman–Crippen MR) is 88.7 cm³/mol. The maximum absolute atomic E-state index is 6.39. The van der Waals surface area contributed by atoms with Gasteiger partial charge >= 0.3 is 0 Å². The van der Waals surface area contributed by atoms with Crippen LogP contribution in [-0.4, -0.2) is 4.75 Å². The van der Waals surface area contributed by atoms with Crippen LogP contribution in [0.15, 0.2) is 0 Å². The molecule has 19 heavy (non-hydrogen) atoms. The average molecular weight is 303 g/mol. The molecule has 0 nitrogen and oxygen atoms in total. The highest BCUT2D eigenvalue weighted by molar-refractivity contribution is 8.22. The van der Waals surface area contributed by atoms with Gasteiger partial charge in [-0.2, -0.15) is 0 Å². The maximum Gasteiger partial charge on any atom is 0.0339 e. The van der Waals surface area contributed by atoms with Crippen LogP contribution >= 0.6 is 21.7 Å². The van der Waals surface area contributed by atoms with Crippen molar-refractivity contribution in [3.05, 3.63) is 0 Å². The van der Waals surface area contributed by atoms with Crippen LogP contribution in [0.25, 0.3) is 0 Å². The van der Waals surface area contributed by atoms with Crippen molar-refractivity contribution in [3.8, 4) is 0 Å². The molecule has 0 aromatic heterocycles. The molecule has 0 spiro atoms. The smallest absolute Gasteiger partial charge is 0.0339 e. The summed E-state index contributed by atoms with van der Waals surface area (Å²) in [6.45, 7) is 7.25. The van der Waals surface area contributed by atoms with Crippen molar-refractivity contribution in [1.29, 1.82) is 0 Å². The molecule has 0 amide bonds. The quantitative estimate of drug-likeness (QED) is 0.558. The second-order valence-electron chi connectivity index (χ2n) is 7.45. The van der Waals surface area contributed by atoms with E-state index in [1.54, 1.807) is 11.0 Å². The summed E-state index contributed by atoms with van der Waals surface area (Å²) in [6, 6.07) is 0. The normalized spacial score (nSPS) is 33.3. The van der Waals surface area contributed by atoms with Gasteiger partial charge in [0.15, 0.2) is 0 Å². The largest absolute Gasteiger partial charge is 0.0625 e. The first-order chi connectivity index (χ1) is 9.08. The monoisotopic (exact) mass is 302 g/mol. The Labute approximate surface area is 128 Å². The van der Waals surface area contributed by atoms with Gasteiger partial charge in [0.1, 0.15) is 0 Å². The molecule has 1 atom stereocenters. The highest BCUT2D eigenvalue weighted by Crippen LogP contribution is 2.52. The minimum Gasteiger partial charge on any atom is -0.0625 e. The molecule has 2 aliphatic carbocycles. The molecular formula is C17H31ClS. The Hall–Kier alpha value is 0.640. The number of hydrogen-bond donors (Lipinski definition) is 0. The maximum atomic E-state index is 6.39. The van der Waals surface area contributed by atoms with Crippen molar-refractivity contribution in [3.63, 3.8) is 0 Å². The third-order valence-corrected chi connectivity index (χ3v) is 8.10. The summed E-state index contributed by atoms with van der Waals surface area (Å²) in [4.78, 5) is 0. The first kappa shape index (κ1) is 16.0. The summed E-state index contributed by atoms with van der Waals surface area (Å²) in [5.41, 5.74) is 0. The van der Waals surface area contributed by atoms with Gasteiger partial charge in [-0.25, -0.2) is 0 Å². The summed E-state index contributed by atoms with van der Waals surface area (Å²) < 4.78 is 0.337.